The highest BCUT2D eigenvalue weighted by Gasteiger charge is 2.38. The lowest BCUT2D eigenvalue weighted by Gasteiger charge is -2.38. The van der Waals surface area contributed by atoms with Crippen molar-refractivity contribution in [3.8, 4) is 0 Å². The molecule has 1 N–H and O–H groups in total. The molecule has 0 saturated heterocycles. The van der Waals surface area contributed by atoms with Gasteiger partial charge < -0.3 is 5.32 Å². The van der Waals surface area contributed by atoms with E-state index in [9.17, 15) is 4.39 Å². The summed E-state index contributed by atoms with van der Waals surface area (Å²) in [4.78, 5) is 1.30. The zero-order valence-electron chi connectivity index (χ0n) is 16.4. The summed E-state index contributed by atoms with van der Waals surface area (Å²) in [5, 5.41) is 3.80. The van der Waals surface area contributed by atoms with Crippen molar-refractivity contribution in [1.29, 1.82) is 0 Å². The summed E-state index contributed by atoms with van der Waals surface area (Å²) in [7, 11) is 0. The Kier molecular flexibility index (Phi) is 4.92. The largest absolute Gasteiger partial charge is 0.377 e. The van der Waals surface area contributed by atoms with Crippen molar-refractivity contribution in [2.45, 2.75) is 36.0 Å². The molecule has 0 aromatic heterocycles. The second-order valence-electron chi connectivity index (χ2n) is 8.01. The zero-order valence-corrected chi connectivity index (χ0v) is 17.3. The fourth-order valence-electron chi connectivity index (χ4n) is 4.73. The SMILES string of the molecule is Cc1cc(CSc2ccccc2)cc2c1N[C@H](c1ccc(F)cc1)[C@H]1CC=C[C@H]21. The quantitative estimate of drug-likeness (QED) is 0.365. The van der Waals surface area contributed by atoms with Crippen molar-refractivity contribution in [2.75, 3.05) is 5.32 Å². The van der Waals surface area contributed by atoms with Gasteiger partial charge >= 0.3 is 0 Å². The first-order valence-corrected chi connectivity index (χ1v) is 11.2. The van der Waals surface area contributed by atoms with Crippen LogP contribution in [-0.2, 0) is 5.75 Å². The zero-order chi connectivity index (χ0) is 19.8. The van der Waals surface area contributed by atoms with Crippen molar-refractivity contribution < 1.29 is 4.39 Å². The van der Waals surface area contributed by atoms with Crippen LogP contribution in [0.4, 0.5) is 10.1 Å². The lowest BCUT2D eigenvalue weighted by molar-refractivity contribution is 0.424. The van der Waals surface area contributed by atoms with Gasteiger partial charge in [-0.25, -0.2) is 4.39 Å². The molecule has 0 radical (unpaired) electrons. The van der Waals surface area contributed by atoms with Gasteiger partial charge in [-0.15, -0.1) is 11.8 Å². The summed E-state index contributed by atoms with van der Waals surface area (Å²) in [5.41, 5.74) is 6.48. The summed E-state index contributed by atoms with van der Waals surface area (Å²) in [5.74, 6) is 1.69. The number of rotatable bonds is 4. The molecule has 3 atom stereocenters. The average Bonchev–Trinajstić information content (AvgIpc) is 3.24. The number of fused-ring (bicyclic) bond motifs is 3. The minimum Gasteiger partial charge on any atom is -0.377 e. The van der Waals surface area contributed by atoms with Crippen LogP contribution in [0.5, 0.6) is 0 Å². The number of allylic oxidation sites excluding steroid dienone is 2. The van der Waals surface area contributed by atoms with Crippen LogP contribution in [0.2, 0.25) is 0 Å². The molecule has 0 unspecified atom stereocenters. The van der Waals surface area contributed by atoms with Gasteiger partial charge in [0.05, 0.1) is 6.04 Å². The molecular weight excluding hydrogens is 377 g/mol. The van der Waals surface area contributed by atoms with Gasteiger partial charge in [-0.1, -0.05) is 54.6 Å². The Hall–Kier alpha value is -2.52. The van der Waals surface area contributed by atoms with Crippen molar-refractivity contribution >= 4 is 17.4 Å². The van der Waals surface area contributed by atoms with E-state index in [1.165, 1.54) is 32.8 Å². The monoisotopic (exact) mass is 401 g/mol. The van der Waals surface area contributed by atoms with Gasteiger partial charge in [-0.3, -0.25) is 0 Å². The van der Waals surface area contributed by atoms with Crippen molar-refractivity contribution in [1.82, 2.24) is 0 Å². The molecule has 1 heterocycles. The van der Waals surface area contributed by atoms with Crippen LogP contribution in [0.3, 0.4) is 0 Å². The predicted octanol–water partition coefficient (Wildman–Crippen LogP) is 7.25. The van der Waals surface area contributed by atoms with E-state index in [1.807, 2.05) is 23.9 Å². The summed E-state index contributed by atoms with van der Waals surface area (Å²) in [6, 6.07) is 22.5. The Bertz CT molecular complexity index is 1040. The highest BCUT2D eigenvalue weighted by atomic mass is 32.2. The van der Waals surface area contributed by atoms with Gasteiger partial charge in [0.15, 0.2) is 0 Å². The molecule has 0 amide bonds. The fraction of sp³-hybridized carbons (Fsp3) is 0.231. The number of anilines is 1. The van der Waals surface area contributed by atoms with E-state index in [0.717, 1.165) is 12.2 Å². The molecule has 0 spiro atoms. The highest BCUT2D eigenvalue weighted by molar-refractivity contribution is 7.98. The Morgan fingerprint density at radius 1 is 1.03 bits per heavy atom. The molecule has 146 valence electrons. The minimum atomic E-state index is -0.178. The topological polar surface area (TPSA) is 12.0 Å². The summed E-state index contributed by atoms with van der Waals surface area (Å²) >= 11 is 1.88. The van der Waals surface area contributed by atoms with E-state index >= 15 is 0 Å². The fourth-order valence-corrected chi connectivity index (χ4v) is 5.58. The smallest absolute Gasteiger partial charge is 0.123 e. The Balaban J connectivity index is 1.46. The number of nitrogens with one attached hydrogen (secondary N) is 1. The number of aryl methyl sites for hydroxylation is 1. The third-order valence-electron chi connectivity index (χ3n) is 6.10. The van der Waals surface area contributed by atoms with Crippen LogP contribution in [0.15, 0.2) is 83.8 Å². The second-order valence-corrected chi connectivity index (χ2v) is 9.05. The molecule has 0 fully saturated rings. The van der Waals surface area contributed by atoms with Crippen LogP contribution in [0, 0.1) is 18.7 Å². The summed E-state index contributed by atoms with van der Waals surface area (Å²) in [6.07, 6.45) is 5.74. The average molecular weight is 402 g/mol. The molecular formula is C26H24FNS. The van der Waals surface area contributed by atoms with Crippen LogP contribution in [0.1, 0.15) is 40.6 Å². The molecule has 2 aliphatic rings. The third kappa shape index (κ3) is 3.60. The van der Waals surface area contributed by atoms with Gasteiger partial charge in [-0.2, -0.15) is 0 Å². The van der Waals surface area contributed by atoms with Gasteiger partial charge in [0.25, 0.3) is 0 Å². The van der Waals surface area contributed by atoms with E-state index in [1.54, 1.807) is 12.1 Å². The number of hydrogen-bond donors (Lipinski definition) is 1. The third-order valence-corrected chi connectivity index (χ3v) is 7.19. The normalized spacial score (nSPS) is 22.1. The number of benzene rings is 3. The first kappa shape index (κ1) is 18.5. The molecule has 1 aliphatic heterocycles. The van der Waals surface area contributed by atoms with Gasteiger partial charge in [0, 0.05) is 22.3 Å². The van der Waals surface area contributed by atoms with Crippen LogP contribution in [-0.4, -0.2) is 0 Å². The van der Waals surface area contributed by atoms with Gasteiger partial charge in [-0.05, 0) is 65.8 Å². The molecule has 0 bridgehead atoms. The number of halogens is 1. The number of thioether (sulfide) groups is 1. The lowest BCUT2D eigenvalue weighted by Crippen LogP contribution is -2.29. The summed E-state index contributed by atoms with van der Waals surface area (Å²) in [6.45, 7) is 2.20. The van der Waals surface area contributed by atoms with E-state index < -0.39 is 0 Å². The van der Waals surface area contributed by atoms with E-state index in [4.69, 9.17) is 0 Å². The van der Waals surface area contributed by atoms with Gasteiger partial charge in [0.2, 0.25) is 0 Å². The Morgan fingerprint density at radius 2 is 1.83 bits per heavy atom. The Labute approximate surface area is 176 Å². The van der Waals surface area contributed by atoms with Crippen molar-refractivity contribution in [3.63, 3.8) is 0 Å². The minimum absolute atomic E-state index is 0.178. The first-order valence-electron chi connectivity index (χ1n) is 10.2. The first-order chi connectivity index (χ1) is 14.2. The van der Waals surface area contributed by atoms with E-state index in [0.29, 0.717) is 11.8 Å². The number of hydrogen-bond acceptors (Lipinski definition) is 2. The lowest BCUT2D eigenvalue weighted by atomic mass is 9.76. The maximum absolute atomic E-state index is 13.4. The molecule has 1 nitrogen and oxygen atoms in total. The molecule has 29 heavy (non-hydrogen) atoms. The van der Waals surface area contributed by atoms with Crippen LogP contribution < -0.4 is 5.32 Å². The maximum Gasteiger partial charge on any atom is 0.123 e. The van der Waals surface area contributed by atoms with E-state index in [-0.39, 0.29) is 11.9 Å². The molecule has 3 heteroatoms. The molecule has 1 aliphatic carbocycles. The summed E-state index contributed by atoms with van der Waals surface area (Å²) < 4.78 is 13.4. The Morgan fingerprint density at radius 3 is 2.62 bits per heavy atom. The van der Waals surface area contributed by atoms with Crippen LogP contribution >= 0.6 is 11.8 Å². The molecule has 3 aromatic rings. The van der Waals surface area contributed by atoms with Crippen LogP contribution in [0.25, 0.3) is 0 Å². The molecule has 3 aromatic carbocycles. The standard InChI is InChI=1S/C26H24FNS/c1-17-14-18(16-29-21-6-3-2-4-7-21)15-24-22-8-5-9-23(22)26(28-25(17)24)19-10-12-20(27)13-11-19/h2-8,10-15,22-23,26,28H,9,16H2,1H3/t22-,23-,26+/m0/s1. The second kappa shape index (κ2) is 7.72. The maximum atomic E-state index is 13.4. The van der Waals surface area contributed by atoms with Crippen molar-refractivity contribution in [2.24, 2.45) is 5.92 Å². The highest BCUT2D eigenvalue weighted by Crippen LogP contribution is 2.51. The van der Waals surface area contributed by atoms with E-state index in [2.05, 4.69) is 66.9 Å². The molecule has 5 rings (SSSR count). The predicted molar refractivity (Wildman–Crippen MR) is 120 cm³/mol. The van der Waals surface area contributed by atoms with Gasteiger partial charge in [0.1, 0.15) is 5.82 Å². The molecule has 0 saturated carbocycles. The van der Waals surface area contributed by atoms with Crippen molar-refractivity contribution in [3.05, 3.63) is 107 Å².